The number of nitrogens with one attached hydrogen (secondary N) is 1. The van der Waals surface area contributed by atoms with E-state index in [1.807, 2.05) is 6.07 Å². The molecule has 2 N–H and O–H groups in total. The summed E-state index contributed by atoms with van der Waals surface area (Å²) in [5.74, 6) is -2.34. The van der Waals surface area contributed by atoms with Gasteiger partial charge in [0.1, 0.15) is 0 Å². The van der Waals surface area contributed by atoms with E-state index in [-0.39, 0.29) is 10.7 Å². The molecule has 2 aliphatic heterocycles. The third kappa shape index (κ3) is 3.39. The molecule has 2 aliphatic rings. The van der Waals surface area contributed by atoms with Crippen molar-refractivity contribution in [2.45, 2.75) is 5.54 Å². The first-order valence-corrected chi connectivity index (χ1v) is 11.9. The molecule has 0 fully saturated rings. The Labute approximate surface area is 209 Å². The van der Waals surface area contributed by atoms with Gasteiger partial charge in [-0.15, -0.1) is 11.8 Å². The Hall–Kier alpha value is -3.26. The second-order valence-electron chi connectivity index (χ2n) is 7.73. The maximum absolute atomic E-state index is 14.0. The van der Waals surface area contributed by atoms with Crippen LogP contribution in [0.5, 0.6) is 0 Å². The number of halogens is 2. The number of hydrogen-bond donors (Lipinski definition) is 2. The van der Waals surface area contributed by atoms with Crippen LogP contribution in [0.15, 0.2) is 77.7 Å². The van der Waals surface area contributed by atoms with Gasteiger partial charge < -0.3 is 10.4 Å². The van der Waals surface area contributed by atoms with Crippen LogP contribution in [0, 0.1) is 0 Å². The summed E-state index contributed by atoms with van der Waals surface area (Å²) in [4.78, 5) is 40.9. The van der Waals surface area contributed by atoms with E-state index in [1.54, 1.807) is 66.7 Å². The molecule has 9 heteroatoms. The van der Waals surface area contributed by atoms with Crippen LogP contribution in [0.2, 0.25) is 10.0 Å². The lowest BCUT2D eigenvalue weighted by molar-refractivity contribution is -0.133. The SMILES string of the molecule is O=C(O)CSC1=C(c2ccccc2)C2(C(=O)Nc3cc(Cl)ccc32)N(c2cccc(Cl)c2)C1=O. The van der Waals surface area contributed by atoms with Crippen LogP contribution < -0.4 is 10.2 Å². The number of carbonyl (C=O) groups excluding carboxylic acids is 2. The topological polar surface area (TPSA) is 86.7 Å². The number of amides is 2. The number of fused-ring (bicyclic) bond motifs is 2. The Morgan fingerprint density at radius 2 is 1.71 bits per heavy atom. The fourth-order valence-electron chi connectivity index (χ4n) is 4.52. The number of carboxylic acids is 1. The number of anilines is 2. The van der Waals surface area contributed by atoms with Gasteiger partial charge in [-0.3, -0.25) is 19.3 Å². The van der Waals surface area contributed by atoms with E-state index in [9.17, 15) is 19.5 Å². The molecule has 1 spiro atoms. The molecular formula is C25H16Cl2N2O4S. The van der Waals surface area contributed by atoms with Gasteiger partial charge in [-0.2, -0.15) is 0 Å². The normalized spacial score (nSPS) is 19.1. The first-order valence-electron chi connectivity index (χ1n) is 10.2. The second-order valence-corrected chi connectivity index (χ2v) is 9.59. The van der Waals surface area contributed by atoms with E-state index in [0.29, 0.717) is 38.1 Å². The highest BCUT2D eigenvalue weighted by molar-refractivity contribution is 8.04. The van der Waals surface area contributed by atoms with Gasteiger partial charge in [0.25, 0.3) is 11.8 Å². The molecule has 34 heavy (non-hydrogen) atoms. The van der Waals surface area contributed by atoms with Crippen molar-refractivity contribution in [3.63, 3.8) is 0 Å². The summed E-state index contributed by atoms with van der Waals surface area (Å²) in [6.45, 7) is 0. The largest absolute Gasteiger partial charge is 0.481 e. The number of nitrogens with zero attached hydrogens (tertiary/aromatic N) is 1. The summed E-state index contributed by atoms with van der Waals surface area (Å²) in [6, 6.07) is 20.7. The first kappa shape index (κ1) is 22.5. The zero-order valence-corrected chi connectivity index (χ0v) is 19.7. The minimum atomic E-state index is -1.58. The van der Waals surface area contributed by atoms with Crippen molar-refractivity contribution in [2.75, 3.05) is 16.0 Å². The van der Waals surface area contributed by atoms with Gasteiger partial charge in [0.2, 0.25) is 0 Å². The Balaban J connectivity index is 1.87. The molecule has 1 atom stereocenters. The lowest BCUT2D eigenvalue weighted by Gasteiger charge is -2.36. The zero-order chi connectivity index (χ0) is 24.0. The Morgan fingerprint density at radius 1 is 0.971 bits per heavy atom. The third-order valence-electron chi connectivity index (χ3n) is 5.74. The monoisotopic (exact) mass is 510 g/mol. The first-order chi connectivity index (χ1) is 16.3. The number of rotatable bonds is 5. The summed E-state index contributed by atoms with van der Waals surface area (Å²) >= 11 is 13.4. The molecule has 0 aliphatic carbocycles. The number of aliphatic carboxylic acids is 1. The molecule has 3 aromatic rings. The smallest absolute Gasteiger partial charge is 0.313 e. The maximum atomic E-state index is 14.0. The molecule has 170 valence electrons. The third-order valence-corrected chi connectivity index (χ3v) is 7.27. The summed E-state index contributed by atoms with van der Waals surface area (Å²) in [5.41, 5.74) is 0.906. The number of thioether (sulfide) groups is 1. The van der Waals surface area contributed by atoms with Crippen molar-refractivity contribution >= 4 is 69.7 Å². The predicted molar refractivity (Wildman–Crippen MR) is 134 cm³/mol. The second kappa shape index (κ2) is 8.51. The molecule has 3 aromatic carbocycles. The fraction of sp³-hybridized carbons (Fsp3) is 0.0800. The van der Waals surface area contributed by atoms with Crippen LogP contribution in [-0.4, -0.2) is 28.6 Å². The van der Waals surface area contributed by atoms with Gasteiger partial charge in [0.05, 0.1) is 10.7 Å². The van der Waals surface area contributed by atoms with Crippen LogP contribution in [-0.2, 0) is 19.9 Å². The lowest BCUT2D eigenvalue weighted by Crippen LogP contribution is -2.50. The van der Waals surface area contributed by atoms with Gasteiger partial charge in [-0.1, -0.05) is 65.7 Å². The Bertz CT molecular complexity index is 1390. The highest BCUT2D eigenvalue weighted by Gasteiger charge is 2.62. The molecule has 0 saturated carbocycles. The molecule has 1 unspecified atom stereocenters. The van der Waals surface area contributed by atoms with Crippen molar-refractivity contribution in [3.8, 4) is 0 Å². The van der Waals surface area contributed by atoms with Crippen LogP contribution in [0.25, 0.3) is 5.57 Å². The average Bonchev–Trinajstić information content (AvgIpc) is 3.23. The fourth-order valence-corrected chi connectivity index (χ4v) is 5.77. The van der Waals surface area contributed by atoms with Gasteiger partial charge in [-0.25, -0.2) is 0 Å². The van der Waals surface area contributed by atoms with Gasteiger partial charge in [-0.05, 0) is 35.9 Å². The maximum Gasteiger partial charge on any atom is 0.313 e. The van der Waals surface area contributed by atoms with Crippen LogP contribution in [0.3, 0.4) is 0 Å². The number of benzene rings is 3. The van der Waals surface area contributed by atoms with Crippen LogP contribution >= 0.6 is 35.0 Å². The van der Waals surface area contributed by atoms with E-state index in [2.05, 4.69) is 5.32 Å². The Morgan fingerprint density at radius 3 is 2.41 bits per heavy atom. The quantitative estimate of drug-likeness (QED) is 0.478. The minimum Gasteiger partial charge on any atom is -0.481 e. The van der Waals surface area contributed by atoms with Crippen molar-refractivity contribution in [1.82, 2.24) is 0 Å². The highest BCUT2D eigenvalue weighted by atomic mass is 35.5. The molecule has 6 nitrogen and oxygen atoms in total. The molecular weight excluding hydrogens is 495 g/mol. The minimum absolute atomic E-state index is 0.187. The number of carbonyl (C=O) groups is 3. The van der Waals surface area contributed by atoms with Gasteiger partial charge in [0, 0.05) is 32.6 Å². The Kier molecular flexibility index (Phi) is 5.64. The van der Waals surface area contributed by atoms with E-state index < -0.39 is 23.3 Å². The standard InChI is InChI=1S/C25H16Cl2N2O4S/c26-15-7-4-8-17(11-15)29-23(32)22(34-13-20(30)31)21(14-5-2-1-3-6-14)25(29)18-10-9-16(27)12-19(18)28-24(25)33/h1-12H,13H2,(H,28,33)(H,30,31). The van der Waals surface area contributed by atoms with Crippen molar-refractivity contribution < 1.29 is 19.5 Å². The zero-order valence-electron chi connectivity index (χ0n) is 17.4. The summed E-state index contributed by atoms with van der Waals surface area (Å²) in [6.07, 6.45) is 0. The highest BCUT2D eigenvalue weighted by Crippen LogP contribution is 2.57. The van der Waals surface area contributed by atoms with Crippen LogP contribution in [0.1, 0.15) is 11.1 Å². The molecule has 0 bridgehead atoms. The molecule has 0 radical (unpaired) electrons. The van der Waals surface area contributed by atoms with Crippen molar-refractivity contribution in [1.29, 1.82) is 0 Å². The lowest BCUT2D eigenvalue weighted by atomic mass is 9.80. The van der Waals surface area contributed by atoms with E-state index in [1.165, 1.54) is 4.90 Å². The molecule has 5 rings (SSSR count). The molecule has 2 amide bonds. The van der Waals surface area contributed by atoms with E-state index in [4.69, 9.17) is 23.2 Å². The number of hydrogen-bond acceptors (Lipinski definition) is 4. The van der Waals surface area contributed by atoms with Crippen molar-refractivity contribution in [3.05, 3.63) is 98.9 Å². The van der Waals surface area contributed by atoms with Gasteiger partial charge >= 0.3 is 5.97 Å². The molecule has 0 saturated heterocycles. The number of carboxylic acid groups (broad SMARTS) is 1. The predicted octanol–water partition coefficient (Wildman–Crippen LogP) is 5.42. The van der Waals surface area contributed by atoms with Crippen molar-refractivity contribution in [2.24, 2.45) is 0 Å². The average molecular weight is 511 g/mol. The summed E-state index contributed by atoms with van der Waals surface area (Å²) in [7, 11) is 0. The van der Waals surface area contributed by atoms with E-state index >= 15 is 0 Å². The van der Waals surface area contributed by atoms with E-state index in [0.717, 1.165) is 11.8 Å². The van der Waals surface area contributed by atoms with Crippen LogP contribution in [0.4, 0.5) is 11.4 Å². The van der Waals surface area contributed by atoms with Gasteiger partial charge in [0.15, 0.2) is 5.54 Å². The molecule has 0 aromatic heterocycles. The molecule has 2 heterocycles. The summed E-state index contributed by atoms with van der Waals surface area (Å²) in [5, 5.41) is 13.1. The summed E-state index contributed by atoms with van der Waals surface area (Å²) < 4.78 is 0.